The maximum absolute atomic E-state index is 12.0. The number of aryl methyl sites for hydroxylation is 1. The molecule has 3 aromatic rings. The molecule has 0 bridgehead atoms. The molecule has 132 valence electrons. The Labute approximate surface area is 147 Å². The molecular weight excluding hydrogens is 366 g/mol. The van der Waals surface area contributed by atoms with Gasteiger partial charge in [0.1, 0.15) is 10.6 Å². The van der Waals surface area contributed by atoms with Crippen LogP contribution in [0, 0.1) is 6.92 Å². The number of sulfonamides is 1. The number of nitrogens with zero attached hydrogens (tertiary/aromatic N) is 1. The van der Waals surface area contributed by atoms with Gasteiger partial charge >= 0.3 is 5.97 Å². The lowest BCUT2D eigenvalue weighted by atomic mass is 10.4. The normalized spacial score (nSPS) is 10.6. The van der Waals surface area contributed by atoms with Gasteiger partial charge in [-0.3, -0.25) is 4.72 Å². The Kier molecular flexibility index (Phi) is 5.78. The molecule has 0 spiro atoms. The first kappa shape index (κ1) is 18.5. The second-order valence-corrected chi connectivity index (χ2v) is 7.35. The highest BCUT2D eigenvalue weighted by atomic mass is 32.2. The van der Waals surface area contributed by atoms with Crippen molar-refractivity contribution in [2.75, 3.05) is 10.5 Å². The molecule has 3 rings (SSSR count). The fraction of sp³-hybridized carbons (Fsp3) is 0.0667. The number of anilines is 2. The number of hydrogen-bond donors (Lipinski definition) is 3. The van der Waals surface area contributed by atoms with Crippen LogP contribution in [0.3, 0.4) is 0 Å². The van der Waals surface area contributed by atoms with Gasteiger partial charge in [0.15, 0.2) is 5.82 Å². The van der Waals surface area contributed by atoms with Crippen molar-refractivity contribution in [3.63, 3.8) is 0 Å². The summed E-state index contributed by atoms with van der Waals surface area (Å²) in [6.45, 7) is 1.80. The lowest BCUT2D eigenvalue weighted by Crippen LogP contribution is -2.14. The van der Waals surface area contributed by atoms with E-state index >= 15 is 0 Å². The highest BCUT2D eigenvalue weighted by Gasteiger charge is 2.19. The third-order valence-corrected chi connectivity index (χ3v) is 5.09. The molecule has 25 heavy (non-hydrogen) atoms. The second kappa shape index (κ2) is 7.81. The summed E-state index contributed by atoms with van der Waals surface area (Å²) in [7, 11) is -3.75. The van der Waals surface area contributed by atoms with Gasteiger partial charge in [0, 0.05) is 6.07 Å². The molecule has 8 nitrogen and oxygen atoms in total. The molecule has 1 aromatic carbocycles. The number of aromatic nitrogens is 1. The molecule has 0 aliphatic carbocycles. The lowest BCUT2D eigenvalue weighted by Gasteiger charge is -2.07. The summed E-state index contributed by atoms with van der Waals surface area (Å²) in [6.07, 6.45) is 0. The first-order chi connectivity index (χ1) is 11.8. The van der Waals surface area contributed by atoms with Gasteiger partial charge in [-0.05, 0) is 30.5 Å². The number of nitrogens with one attached hydrogen (secondary N) is 1. The van der Waals surface area contributed by atoms with Crippen molar-refractivity contribution < 1.29 is 22.8 Å². The number of rotatable bonds is 4. The summed E-state index contributed by atoms with van der Waals surface area (Å²) in [6, 6.07) is 10.9. The SMILES string of the molecule is Cc1cc(N)no1.O=C(O)c1sccc1NS(=O)(=O)c1ccccc1. The molecule has 0 radical (unpaired) electrons. The number of thiophene rings is 1. The Morgan fingerprint density at radius 1 is 1.28 bits per heavy atom. The quantitative estimate of drug-likeness (QED) is 0.632. The fourth-order valence-corrected chi connectivity index (χ4v) is 3.59. The van der Waals surface area contributed by atoms with Crippen LogP contribution in [-0.2, 0) is 10.0 Å². The average Bonchev–Trinajstić information content (AvgIpc) is 3.17. The van der Waals surface area contributed by atoms with Crippen molar-refractivity contribution in [1.29, 1.82) is 0 Å². The first-order valence-electron chi connectivity index (χ1n) is 6.87. The molecular formula is C15H15N3O5S2. The van der Waals surface area contributed by atoms with Crippen LogP contribution in [0.2, 0.25) is 0 Å². The summed E-state index contributed by atoms with van der Waals surface area (Å²) < 4.78 is 30.8. The fourth-order valence-electron chi connectivity index (χ4n) is 1.74. The van der Waals surface area contributed by atoms with Gasteiger partial charge in [-0.25, -0.2) is 13.2 Å². The van der Waals surface area contributed by atoms with Crippen LogP contribution in [0.4, 0.5) is 11.5 Å². The van der Waals surface area contributed by atoms with Crippen molar-refractivity contribution in [3.05, 3.63) is 58.5 Å². The van der Waals surface area contributed by atoms with Crippen LogP contribution in [-0.4, -0.2) is 24.7 Å². The number of hydrogen-bond acceptors (Lipinski definition) is 7. The van der Waals surface area contributed by atoms with E-state index in [1.54, 1.807) is 31.2 Å². The number of benzene rings is 1. The van der Waals surface area contributed by atoms with Crippen LogP contribution < -0.4 is 10.5 Å². The first-order valence-corrected chi connectivity index (χ1v) is 9.23. The smallest absolute Gasteiger partial charge is 0.348 e. The zero-order valence-corrected chi connectivity index (χ0v) is 14.7. The summed E-state index contributed by atoms with van der Waals surface area (Å²) >= 11 is 0.967. The van der Waals surface area contributed by atoms with E-state index in [2.05, 4.69) is 14.4 Å². The average molecular weight is 381 g/mol. The minimum absolute atomic E-state index is 0.0329. The largest absolute Gasteiger partial charge is 0.477 e. The summed E-state index contributed by atoms with van der Waals surface area (Å²) in [5.74, 6) is 0.0331. The standard InChI is InChI=1S/C11H9NO4S2.C4H6N2O/c13-11(14)10-9(6-7-17-10)12-18(15,16)8-4-2-1-3-5-8;1-3-2-4(5)6-7-3/h1-7,12H,(H,13,14);2H,1H3,(H2,5,6). The Bertz CT molecular complexity index is 932. The van der Waals surface area contributed by atoms with E-state index in [1.807, 2.05) is 0 Å². The predicted molar refractivity (Wildman–Crippen MR) is 94.2 cm³/mol. The number of nitrogens with two attached hydrogens (primary N) is 1. The maximum Gasteiger partial charge on any atom is 0.348 e. The molecule has 0 saturated heterocycles. The Morgan fingerprint density at radius 3 is 2.44 bits per heavy atom. The van der Waals surface area contributed by atoms with E-state index in [0.29, 0.717) is 5.82 Å². The third-order valence-electron chi connectivity index (χ3n) is 2.80. The van der Waals surface area contributed by atoms with Gasteiger partial charge in [0.05, 0.1) is 10.6 Å². The summed E-state index contributed by atoms with van der Waals surface area (Å²) in [5.41, 5.74) is 5.25. The van der Waals surface area contributed by atoms with Crippen LogP contribution in [0.1, 0.15) is 15.4 Å². The molecule has 0 fully saturated rings. The van der Waals surface area contributed by atoms with Gasteiger partial charge in [-0.1, -0.05) is 23.4 Å². The molecule has 0 saturated carbocycles. The van der Waals surface area contributed by atoms with Crippen molar-refractivity contribution in [1.82, 2.24) is 5.16 Å². The third kappa shape index (κ3) is 5.06. The van der Waals surface area contributed by atoms with E-state index in [9.17, 15) is 13.2 Å². The molecule has 0 atom stereocenters. The van der Waals surface area contributed by atoms with Crippen LogP contribution in [0.5, 0.6) is 0 Å². The highest BCUT2D eigenvalue weighted by molar-refractivity contribution is 7.92. The molecule has 0 aliphatic rings. The van der Waals surface area contributed by atoms with Crippen molar-refractivity contribution in [2.24, 2.45) is 0 Å². The van der Waals surface area contributed by atoms with E-state index in [1.165, 1.54) is 23.6 Å². The van der Waals surface area contributed by atoms with Crippen molar-refractivity contribution in [2.45, 2.75) is 11.8 Å². The van der Waals surface area contributed by atoms with Crippen LogP contribution in [0.15, 0.2) is 57.3 Å². The van der Waals surface area contributed by atoms with Gasteiger partial charge in [-0.15, -0.1) is 11.3 Å². The predicted octanol–water partition coefficient (Wildman–Crippen LogP) is 2.81. The molecule has 2 heterocycles. The number of carboxylic acids is 1. The zero-order chi connectivity index (χ0) is 18.4. The maximum atomic E-state index is 12.0. The molecule has 0 unspecified atom stereocenters. The molecule has 0 amide bonds. The molecule has 4 N–H and O–H groups in total. The number of carbonyl (C=O) groups is 1. The minimum Gasteiger partial charge on any atom is -0.477 e. The topological polar surface area (TPSA) is 136 Å². The van der Waals surface area contributed by atoms with Crippen LogP contribution in [0.25, 0.3) is 0 Å². The Hall–Kier alpha value is -2.85. The highest BCUT2D eigenvalue weighted by Crippen LogP contribution is 2.25. The Morgan fingerprint density at radius 2 is 1.96 bits per heavy atom. The summed E-state index contributed by atoms with van der Waals surface area (Å²) in [5, 5.41) is 13.8. The molecule has 2 aromatic heterocycles. The minimum atomic E-state index is -3.75. The monoisotopic (exact) mass is 381 g/mol. The van der Waals surface area contributed by atoms with Gasteiger partial charge in [0.25, 0.3) is 10.0 Å². The van der Waals surface area contributed by atoms with Gasteiger partial charge in [-0.2, -0.15) is 0 Å². The van der Waals surface area contributed by atoms with E-state index in [-0.39, 0.29) is 15.5 Å². The molecule has 0 aliphatic heterocycles. The van der Waals surface area contributed by atoms with Gasteiger partial charge in [0.2, 0.25) is 0 Å². The number of nitrogen functional groups attached to an aromatic ring is 1. The van der Waals surface area contributed by atoms with E-state index in [0.717, 1.165) is 17.1 Å². The van der Waals surface area contributed by atoms with E-state index in [4.69, 9.17) is 10.8 Å². The summed E-state index contributed by atoms with van der Waals surface area (Å²) in [4.78, 5) is 10.9. The van der Waals surface area contributed by atoms with Gasteiger partial charge < -0.3 is 15.4 Å². The van der Waals surface area contributed by atoms with Crippen molar-refractivity contribution >= 4 is 38.8 Å². The Balaban J connectivity index is 0.000000269. The van der Waals surface area contributed by atoms with Crippen molar-refractivity contribution in [3.8, 4) is 0 Å². The lowest BCUT2D eigenvalue weighted by molar-refractivity contribution is 0.0703. The van der Waals surface area contributed by atoms with E-state index < -0.39 is 16.0 Å². The number of aromatic carboxylic acids is 1. The zero-order valence-electron chi connectivity index (χ0n) is 13.0. The molecule has 10 heteroatoms. The second-order valence-electron chi connectivity index (χ2n) is 4.75. The number of carboxylic acid groups (broad SMARTS) is 1. The van der Waals surface area contributed by atoms with Crippen LogP contribution >= 0.6 is 11.3 Å².